The normalized spacial score (nSPS) is 12.2. The van der Waals surface area contributed by atoms with Gasteiger partial charge in [-0.15, -0.1) is 5.10 Å². The van der Waals surface area contributed by atoms with Crippen molar-refractivity contribution < 1.29 is 14.7 Å². The van der Waals surface area contributed by atoms with E-state index in [1.807, 2.05) is 6.92 Å². The van der Waals surface area contributed by atoms with Gasteiger partial charge in [-0.05, 0) is 13.3 Å². The molecule has 1 heterocycles. The van der Waals surface area contributed by atoms with Gasteiger partial charge in [0, 0.05) is 13.1 Å². The Hall–Kier alpha value is -1.96. The Morgan fingerprint density at radius 2 is 2.21 bits per heavy atom. The molecular formula is C11H19N5O3. The summed E-state index contributed by atoms with van der Waals surface area (Å²) in [6.07, 6.45) is 1.87. The first kappa shape index (κ1) is 15.1. The van der Waals surface area contributed by atoms with Gasteiger partial charge >= 0.3 is 5.97 Å². The molecule has 19 heavy (non-hydrogen) atoms. The number of carbonyl (C=O) groups excluding carboxylic acids is 1. The van der Waals surface area contributed by atoms with Crippen LogP contribution in [0.4, 0.5) is 0 Å². The van der Waals surface area contributed by atoms with Crippen molar-refractivity contribution in [3.05, 3.63) is 11.4 Å². The van der Waals surface area contributed by atoms with E-state index in [9.17, 15) is 9.59 Å². The highest BCUT2D eigenvalue weighted by Crippen LogP contribution is 2.12. The molecule has 1 unspecified atom stereocenters. The molecule has 1 aromatic heterocycles. The van der Waals surface area contributed by atoms with Crippen LogP contribution in [0, 0.1) is 0 Å². The molecule has 0 aromatic carbocycles. The summed E-state index contributed by atoms with van der Waals surface area (Å²) in [5.74, 6) is -1.43. The van der Waals surface area contributed by atoms with Gasteiger partial charge in [0.15, 0.2) is 5.69 Å². The summed E-state index contributed by atoms with van der Waals surface area (Å²) in [6.45, 7) is 4.19. The van der Waals surface area contributed by atoms with E-state index in [-0.39, 0.29) is 23.8 Å². The van der Waals surface area contributed by atoms with E-state index in [1.54, 1.807) is 6.92 Å². The maximum atomic E-state index is 11.9. The number of nitrogens with two attached hydrogens (primary N) is 1. The van der Waals surface area contributed by atoms with Crippen LogP contribution in [0.3, 0.4) is 0 Å². The van der Waals surface area contributed by atoms with E-state index in [0.29, 0.717) is 6.54 Å². The highest BCUT2D eigenvalue weighted by Gasteiger charge is 2.24. The number of aromatic carboxylic acids is 1. The average molecular weight is 269 g/mol. The Labute approximate surface area is 111 Å². The van der Waals surface area contributed by atoms with Gasteiger partial charge in [-0.3, -0.25) is 4.79 Å². The van der Waals surface area contributed by atoms with Crippen LogP contribution in [0.15, 0.2) is 0 Å². The Morgan fingerprint density at radius 1 is 1.53 bits per heavy atom. The van der Waals surface area contributed by atoms with Gasteiger partial charge in [0.1, 0.15) is 6.04 Å². The second-order valence-corrected chi connectivity index (χ2v) is 4.16. The monoisotopic (exact) mass is 269 g/mol. The van der Waals surface area contributed by atoms with Crippen LogP contribution in [-0.2, 0) is 11.3 Å². The van der Waals surface area contributed by atoms with Crippen molar-refractivity contribution in [2.75, 3.05) is 6.54 Å². The van der Waals surface area contributed by atoms with Crippen molar-refractivity contribution in [2.24, 2.45) is 5.73 Å². The zero-order chi connectivity index (χ0) is 14.4. The van der Waals surface area contributed by atoms with Gasteiger partial charge in [0.25, 0.3) is 0 Å². The number of carboxylic acids is 1. The quantitative estimate of drug-likeness (QED) is 0.594. The number of hydrogen-bond donors (Lipinski definition) is 3. The number of unbranched alkanes of at least 4 members (excludes halogenated alkanes) is 1. The molecule has 8 nitrogen and oxygen atoms in total. The van der Waals surface area contributed by atoms with Crippen LogP contribution in [0.25, 0.3) is 0 Å². The fraction of sp³-hybridized carbons (Fsp3) is 0.636. The molecule has 0 saturated carbocycles. The number of aromatic nitrogens is 3. The van der Waals surface area contributed by atoms with Crippen LogP contribution in [0.1, 0.15) is 48.9 Å². The molecule has 1 rings (SSSR count). The lowest BCUT2D eigenvalue weighted by Gasteiger charge is -2.14. The fourth-order valence-electron chi connectivity index (χ4n) is 1.63. The standard InChI is InChI=1S/C11H19N5O3/c1-3-4-5-13-10(17)7(2)16-8(6-12)9(11(18)19)14-15-16/h7H,3-6,12H2,1-2H3,(H,13,17)(H,18,19). The Bertz CT molecular complexity index is 457. The Kier molecular flexibility index (Phi) is 5.43. The van der Waals surface area contributed by atoms with Crippen LogP contribution in [0.5, 0.6) is 0 Å². The van der Waals surface area contributed by atoms with E-state index in [1.165, 1.54) is 4.68 Å². The van der Waals surface area contributed by atoms with E-state index in [4.69, 9.17) is 10.8 Å². The Balaban J connectivity index is 2.84. The molecule has 0 spiro atoms. The second kappa shape index (κ2) is 6.83. The number of carboxylic acid groups (broad SMARTS) is 1. The second-order valence-electron chi connectivity index (χ2n) is 4.16. The summed E-state index contributed by atoms with van der Waals surface area (Å²) < 4.78 is 1.25. The zero-order valence-electron chi connectivity index (χ0n) is 11.1. The van der Waals surface area contributed by atoms with Gasteiger partial charge in [-0.25, -0.2) is 9.48 Å². The van der Waals surface area contributed by atoms with Crippen molar-refractivity contribution >= 4 is 11.9 Å². The SMILES string of the molecule is CCCCNC(=O)C(C)n1nnc(C(=O)O)c1CN. The predicted molar refractivity (Wildman–Crippen MR) is 67.5 cm³/mol. The van der Waals surface area contributed by atoms with E-state index >= 15 is 0 Å². The summed E-state index contributed by atoms with van der Waals surface area (Å²) in [5, 5.41) is 18.9. The molecule has 0 aliphatic heterocycles. The third-order valence-electron chi connectivity index (χ3n) is 2.76. The maximum absolute atomic E-state index is 11.9. The van der Waals surface area contributed by atoms with Crippen LogP contribution < -0.4 is 11.1 Å². The first-order valence-corrected chi connectivity index (χ1v) is 6.18. The van der Waals surface area contributed by atoms with E-state index < -0.39 is 12.0 Å². The van der Waals surface area contributed by atoms with Crippen LogP contribution in [0.2, 0.25) is 0 Å². The van der Waals surface area contributed by atoms with Crippen LogP contribution >= 0.6 is 0 Å². The van der Waals surface area contributed by atoms with Crippen molar-refractivity contribution in [1.29, 1.82) is 0 Å². The fourth-order valence-corrected chi connectivity index (χ4v) is 1.63. The minimum atomic E-state index is -1.20. The largest absolute Gasteiger partial charge is 0.476 e. The van der Waals surface area contributed by atoms with Gasteiger partial charge in [-0.1, -0.05) is 18.6 Å². The molecule has 1 amide bonds. The lowest BCUT2D eigenvalue weighted by Crippen LogP contribution is -2.33. The summed E-state index contributed by atoms with van der Waals surface area (Å²) in [7, 11) is 0. The zero-order valence-corrected chi connectivity index (χ0v) is 11.1. The summed E-state index contributed by atoms with van der Waals surface area (Å²) >= 11 is 0. The molecule has 0 aliphatic rings. The van der Waals surface area contributed by atoms with Crippen molar-refractivity contribution in [3.8, 4) is 0 Å². The van der Waals surface area contributed by atoms with Gasteiger partial charge < -0.3 is 16.2 Å². The highest BCUT2D eigenvalue weighted by atomic mass is 16.4. The molecule has 0 radical (unpaired) electrons. The predicted octanol–water partition coefficient (Wildman–Crippen LogP) is -0.0877. The molecular weight excluding hydrogens is 250 g/mol. The van der Waals surface area contributed by atoms with Gasteiger partial charge in [0.05, 0.1) is 5.69 Å². The first-order valence-electron chi connectivity index (χ1n) is 6.18. The molecule has 0 fully saturated rings. The van der Waals surface area contributed by atoms with Crippen molar-refractivity contribution in [1.82, 2.24) is 20.3 Å². The number of nitrogens with zero attached hydrogens (tertiary/aromatic N) is 3. The Morgan fingerprint density at radius 3 is 2.74 bits per heavy atom. The van der Waals surface area contributed by atoms with Crippen molar-refractivity contribution in [3.63, 3.8) is 0 Å². The topological polar surface area (TPSA) is 123 Å². The number of hydrogen-bond acceptors (Lipinski definition) is 5. The lowest BCUT2D eigenvalue weighted by molar-refractivity contribution is -0.124. The first-order chi connectivity index (χ1) is 9.02. The smallest absolute Gasteiger partial charge is 0.358 e. The molecule has 4 N–H and O–H groups in total. The molecule has 106 valence electrons. The van der Waals surface area contributed by atoms with E-state index in [2.05, 4.69) is 15.6 Å². The summed E-state index contributed by atoms with van der Waals surface area (Å²) in [5.41, 5.74) is 5.53. The third-order valence-corrected chi connectivity index (χ3v) is 2.76. The molecule has 0 bridgehead atoms. The van der Waals surface area contributed by atoms with Crippen molar-refractivity contribution in [2.45, 2.75) is 39.3 Å². The molecule has 1 aromatic rings. The number of nitrogens with one attached hydrogen (secondary N) is 1. The number of rotatable bonds is 7. The molecule has 0 aliphatic carbocycles. The minimum Gasteiger partial charge on any atom is -0.476 e. The minimum absolute atomic E-state index is 0.0405. The van der Waals surface area contributed by atoms with Crippen LogP contribution in [-0.4, -0.2) is 38.5 Å². The molecule has 0 saturated heterocycles. The number of carbonyl (C=O) groups is 2. The summed E-state index contributed by atoms with van der Waals surface area (Å²) in [6, 6.07) is -0.643. The molecule has 1 atom stereocenters. The van der Waals surface area contributed by atoms with E-state index in [0.717, 1.165) is 12.8 Å². The number of amides is 1. The average Bonchev–Trinajstić information content (AvgIpc) is 2.81. The lowest BCUT2D eigenvalue weighted by atomic mass is 10.2. The third kappa shape index (κ3) is 3.50. The summed E-state index contributed by atoms with van der Waals surface area (Å²) in [4.78, 5) is 22.8. The highest BCUT2D eigenvalue weighted by molar-refractivity contribution is 5.87. The maximum Gasteiger partial charge on any atom is 0.358 e. The van der Waals surface area contributed by atoms with Gasteiger partial charge in [0.2, 0.25) is 5.91 Å². The molecule has 8 heteroatoms. The van der Waals surface area contributed by atoms with Gasteiger partial charge in [-0.2, -0.15) is 0 Å².